The molecule has 0 N–H and O–H groups in total. The van der Waals surface area contributed by atoms with Crippen molar-refractivity contribution in [3.8, 4) is 0 Å². The zero-order chi connectivity index (χ0) is 36.3. The number of pyridine rings is 1. The summed E-state index contributed by atoms with van der Waals surface area (Å²) in [5.41, 5.74) is 6.20. The standard InChI is InChI=1S/C12H25N.C10H16.C9H9F3.C9H11N.C2H6/c1-3-8-12(9-4-2)13-10-6-5-7-11-13;1-5-9(3)7-8-10(4)6-2;1-2-7-3-5-8(6-4-7)9(10,11)12;1-4-9-5-7(2)8(3)10-6-9;1-2/h12H,3-11H2,1-2H3;6-8H,3,5H2,1-2,4H3;3-6H,2H2,1H3;4-6H,1H2,2-3H3;1-2H3/b;8-7-,10-6-;;;. The lowest BCUT2D eigenvalue weighted by molar-refractivity contribution is -0.137. The fraction of sp³-hybridized carbons (Fsp3) is 0.548. The summed E-state index contributed by atoms with van der Waals surface area (Å²) in [6.45, 7) is 31.1. The second-order valence-corrected chi connectivity index (χ2v) is 11.6. The van der Waals surface area contributed by atoms with E-state index in [4.69, 9.17) is 0 Å². The maximum atomic E-state index is 12.0. The van der Waals surface area contributed by atoms with Crippen molar-refractivity contribution in [1.82, 2.24) is 9.88 Å². The number of rotatable bonds is 10. The Labute approximate surface area is 288 Å². The van der Waals surface area contributed by atoms with Crippen LogP contribution in [0.1, 0.15) is 135 Å². The Morgan fingerprint density at radius 2 is 1.49 bits per heavy atom. The zero-order valence-corrected chi connectivity index (χ0v) is 31.6. The van der Waals surface area contributed by atoms with Gasteiger partial charge in [0.05, 0.1) is 5.56 Å². The number of aryl methyl sites for hydroxylation is 3. The summed E-state index contributed by atoms with van der Waals surface area (Å²) in [4.78, 5) is 6.91. The average Bonchev–Trinajstić information content (AvgIpc) is 3.09. The lowest BCUT2D eigenvalue weighted by Gasteiger charge is -2.34. The molecular weight excluding hydrogens is 589 g/mol. The molecule has 2 heterocycles. The zero-order valence-electron chi connectivity index (χ0n) is 31.6. The number of hydrogen-bond acceptors (Lipinski definition) is 2. The van der Waals surface area contributed by atoms with Gasteiger partial charge in [0.25, 0.3) is 0 Å². The van der Waals surface area contributed by atoms with Gasteiger partial charge in [-0.15, -0.1) is 0 Å². The SMILES string of the molecule is C=C(/C=C\C(C)=C/C)CC.C=Cc1cnc(C)c(C)c1.CC.CCCC(CCC)N1CCCCC1.CCc1ccc(C(F)(F)F)cc1. The second-order valence-electron chi connectivity index (χ2n) is 11.6. The molecule has 266 valence electrons. The molecule has 3 rings (SSSR count). The molecule has 0 amide bonds. The van der Waals surface area contributed by atoms with Gasteiger partial charge in [-0.25, -0.2) is 0 Å². The van der Waals surface area contributed by atoms with Gasteiger partial charge in [0.1, 0.15) is 0 Å². The minimum Gasteiger partial charge on any atom is -0.300 e. The van der Waals surface area contributed by atoms with Crippen molar-refractivity contribution in [3.63, 3.8) is 0 Å². The Balaban J connectivity index is 0. The summed E-state index contributed by atoms with van der Waals surface area (Å²) in [5, 5.41) is 0. The molecule has 0 unspecified atom stereocenters. The Hall–Kier alpha value is -2.92. The van der Waals surface area contributed by atoms with Crippen LogP contribution in [0.2, 0.25) is 0 Å². The van der Waals surface area contributed by atoms with E-state index >= 15 is 0 Å². The minimum absolute atomic E-state index is 0.584. The number of allylic oxidation sites excluding steroid dienone is 5. The van der Waals surface area contributed by atoms with Gasteiger partial charge in [0.15, 0.2) is 0 Å². The number of benzene rings is 1. The first-order chi connectivity index (χ1) is 22.4. The first-order valence-electron chi connectivity index (χ1n) is 17.8. The monoisotopic (exact) mass is 657 g/mol. The van der Waals surface area contributed by atoms with Crippen molar-refractivity contribution in [1.29, 1.82) is 0 Å². The number of likely N-dealkylation sites (tertiary alicyclic amines) is 1. The number of alkyl halides is 3. The smallest absolute Gasteiger partial charge is 0.300 e. The quantitative estimate of drug-likeness (QED) is 0.237. The average molecular weight is 657 g/mol. The van der Waals surface area contributed by atoms with E-state index in [1.54, 1.807) is 6.08 Å². The summed E-state index contributed by atoms with van der Waals surface area (Å²) >= 11 is 0. The molecule has 0 atom stereocenters. The molecule has 2 nitrogen and oxygen atoms in total. The van der Waals surface area contributed by atoms with Gasteiger partial charge in [-0.1, -0.05) is 122 Å². The summed E-state index contributed by atoms with van der Waals surface area (Å²) < 4.78 is 36.1. The van der Waals surface area contributed by atoms with E-state index < -0.39 is 11.7 Å². The van der Waals surface area contributed by atoms with Crippen LogP contribution in [0, 0.1) is 13.8 Å². The Morgan fingerprint density at radius 1 is 0.936 bits per heavy atom. The third kappa shape index (κ3) is 22.3. The van der Waals surface area contributed by atoms with Crippen LogP contribution in [0.4, 0.5) is 13.2 Å². The third-order valence-corrected chi connectivity index (χ3v) is 7.93. The van der Waals surface area contributed by atoms with E-state index in [-0.39, 0.29) is 0 Å². The largest absolute Gasteiger partial charge is 0.416 e. The highest BCUT2D eigenvalue weighted by Crippen LogP contribution is 2.29. The van der Waals surface area contributed by atoms with E-state index in [0.29, 0.717) is 0 Å². The summed E-state index contributed by atoms with van der Waals surface area (Å²) in [5.74, 6) is 0. The Kier molecular flexibility index (Phi) is 27.6. The van der Waals surface area contributed by atoms with Crippen molar-refractivity contribution in [2.45, 2.75) is 139 Å². The first-order valence-corrected chi connectivity index (χ1v) is 17.8. The lowest BCUT2D eigenvalue weighted by Crippen LogP contribution is -2.39. The van der Waals surface area contributed by atoms with Crippen LogP contribution in [-0.4, -0.2) is 29.0 Å². The molecule has 1 fully saturated rings. The van der Waals surface area contributed by atoms with Crippen LogP contribution in [0.5, 0.6) is 0 Å². The molecule has 0 aliphatic carbocycles. The van der Waals surface area contributed by atoms with E-state index in [9.17, 15) is 13.2 Å². The molecule has 0 radical (unpaired) electrons. The molecule has 1 aromatic heterocycles. The maximum absolute atomic E-state index is 12.0. The van der Waals surface area contributed by atoms with Gasteiger partial charge in [0.2, 0.25) is 0 Å². The second kappa shape index (κ2) is 28.1. The van der Waals surface area contributed by atoms with Crippen molar-refractivity contribution in [2.24, 2.45) is 0 Å². The molecule has 1 saturated heterocycles. The summed E-state index contributed by atoms with van der Waals surface area (Å²) in [6, 6.07) is 8.20. The van der Waals surface area contributed by atoms with Crippen LogP contribution in [0.3, 0.4) is 0 Å². The van der Waals surface area contributed by atoms with Crippen LogP contribution in [0.25, 0.3) is 6.08 Å². The number of nitrogens with zero attached hydrogens (tertiary/aromatic N) is 2. The van der Waals surface area contributed by atoms with Gasteiger partial charge in [-0.05, 0) is 114 Å². The highest BCUT2D eigenvalue weighted by Gasteiger charge is 2.29. The van der Waals surface area contributed by atoms with Crippen LogP contribution in [0.15, 0.2) is 79.1 Å². The molecule has 1 aliphatic rings. The van der Waals surface area contributed by atoms with E-state index in [0.717, 1.165) is 47.8 Å². The fourth-order valence-electron chi connectivity index (χ4n) is 4.63. The minimum atomic E-state index is -4.22. The third-order valence-electron chi connectivity index (χ3n) is 7.93. The maximum Gasteiger partial charge on any atom is 0.416 e. The van der Waals surface area contributed by atoms with Crippen LogP contribution < -0.4 is 0 Å². The first kappa shape index (κ1) is 46.2. The molecule has 1 aromatic carbocycles. The van der Waals surface area contributed by atoms with Gasteiger partial charge in [0, 0.05) is 17.9 Å². The fourth-order valence-corrected chi connectivity index (χ4v) is 4.63. The predicted octanol–water partition coefficient (Wildman–Crippen LogP) is 13.6. The van der Waals surface area contributed by atoms with Crippen molar-refractivity contribution in [2.75, 3.05) is 13.1 Å². The topological polar surface area (TPSA) is 16.1 Å². The Morgan fingerprint density at radius 3 is 1.89 bits per heavy atom. The van der Waals surface area contributed by atoms with Gasteiger partial charge >= 0.3 is 6.18 Å². The molecule has 0 saturated carbocycles. The molecule has 2 aromatic rings. The molecule has 1 aliphatic heterocycles. The number of piperidine rings is 1. The van der Waals surface area contributed by atoms with Crippen molar-refractivity contribution in [3.05, 3.63) is 107 Å². The Bertz CT molecular complexity index is 1130. The normalized spacial score (nSPS) is 13.2. The van der Waals surface area contributed by atoms with Crippen LogP contribution in [-0.2, 0) is 12.6 Å². The number of hydrogen-bond donors (Lipinski definition) is 0. The number of aromatic nitrogens is 1. The van der Waals surface area contributed by atoms with Gasteiger partial charge in [-0.3, -0.25) is 4.98 Å². The molecule has 0 bridgehead atoms. The van der Waals surface area contributed by atoms with E-state index in [2.05, 4.69) is 82.0 Å². The van der Waals surface area contributed by atoms with Crippen molar-refractivity contribution >= 4 is 6.08 Å². The van der Waals surface area contributed by atoms with E-state index in [1.165, 1.54) is 86.9 Å². The molecule has 47 heavy (non-hydrogen) atoms. The van der Waals surface area contributed by atoms with E-state index in [1.807, 2.05) is 40.8 Å². The van der Waals surface area contributed by atoms with Crippen LogP contribution >= 0.6 is 0 Å². The summed E-state index contributed by atoms with van der Waals surface area (Å²) in [7, 11) is 0. The highest BCUT2D eigenvalue weighted by molar-refractivity contribution is 5.46. The number of halogens is 3. The molecule has 5 heteroatoms. The van der Waals surface area contributed by atoms with Crippen molar-refractivity contribution < 1.29 is 13.2 Å². The molecule has 0 spiro atoms. The summed E-state index contributed by atoms with van der Waals surface area (Å²) in [6.07, 6.45) is 17.3. The highest BCUT2D eigenvalue weighted by atomic mass is 19.4. The lowest BCUT2D eigenvalue weighted by atomic mass is 10.0. The van der Waals surface area contributed by atoms with Gasteiger partial charge < -0.3 is 4.90 Å². The van der Waals surface area contributed by atoms with Gasteiger partial charge in [-0.2, -0.15) is 13.2 Å². The molecular formula is C42H67F3N2. The predicted molar refractivity (Wildman–Crippen MR) is 203 cm³/mol.